The van der Waals surface area contributed by atoms with Gasteiger partial charge in [0.25, 0.3) is 5.91 Å². The number of ether oxygens (including phenoxy) is 2. The summed E-state index contributed by atoms with van der Waals surface area (Å²) in [5, 5.41) is 14.8. The van der Waals surface area contributed by atoms with Crippen molar-refractivity contribution in [2.45, 2.75) is 38.4 Å². The third-order valence-electron chi connectivity index (χ3n) is 9.31. The Morgan fingerprint density at radius 3 is 2.15 bits per heavy atom. The summed E-state index contributed by atoms with van der Waals surface area (Å²) in [4.78, 5) is 63.3. The predicted molar refractivity (Wildman–Crippen MR) is 218 cm³/mol. The van der Waals surface area contributed by atoms with Crippen LogP contribution >= 0.6 is 11.6 Å². The molecule has 0 spiro atoms. The van der Waals surface area contributed by atoms with E-state index in [4.69, 9.17) is 21.1 Å². The van der Waals surface area contributed by atoms with Gasteiger partial charge in [-0.05, 0) is 84.0 Å². The molecule has 5 N–H and O–H groups in total. The van der Waals surface area contributed by atoms with E-state index < -0.39 is 53.4 Å². The number of carbonyl (C=O) groups is 4. The molecule has 4 aromatic carbocycles. The molecule has 0 radical (unpaired) electrons. The van der Waals surface area contributed by atoms with Crippen molar-refractivity contribution in [1.29, 1.82) is 0 Å². The molecule has 0 saturated heterocycles. The number of para-hydroxylation sites is 1. The number of anilines is 4. The largest absolute Gasteiger partial charge is 0.465 e. The van der Waals surface area contributed by atoms with Crippen LogP contribution in [0.15, 0.2) is 97.1 Å². The maximum atomic E-state index is 13.1. The lowest BCUT2D eigenvalue weighted by molar-refractivity contribution is -0.154. The number of halogens is 4. The fourth-order valence-electron chi connectivity index (χ4n) is 5.95. The summed E-state index contributed by atoms with van der Waals surface area (Å²) in [6.45, 7) is 2.17. The molecule has 1 aliphatic rings. The van der Waals surface area contributed by atoms with Crippen LogP contribution in [0.2, 0.25) is 5.02 Å². The SMILES string of the molecule is COC(=O)c1cccc(-c2ccccc2NC(=O)C(=O)NCC(C)(C)CNC(=O)c2ccc(Nc3nc(NC4(c5ccc(Cl)cc5)CC4)nc(OCC(F)(F)F)n3)cc2)c1. The smallest absolute Gasteiger partial charge is 0.422 e. The fraction of sp³-hybridized carbons (Fsp3) is 0.262. The van der Waals surface area contributed by atoms with E-state index in [0.29, 0.717) is 38.7 Å². The monoisotopic (exact) mass is 844 g/mol. The topological polar surface area (TPSA) is 186 Å². The minimum atomic E-state index is -4.62. The highest BCUT2D eigenvalue weighted by Gasteiger charge is 2.45. The van der Waals surface area contributed by atoms with Crippen LogP contribution in [0.4, 0.5) is 36.4 Å². The summed E-state index contributed by atoms with van der Waals surface area (Å²) in [7, 11) is 1.28. The summed E-state index contributed by atoms with van der Waals surface area (Å²) >= 11 is 6.05. The van der Waals surface area contributed by atoms with Gasteiger partial charge in [0.2, 0.25) is 11.9 Å². The number of amides is 3. The second-order valence-corrected chi connectivity index (χ2v) is 15.1. The first kappa shape index (κ1) is 42.8. The molecule has 3 amide bonds. The number of benzene rings is 4. The van der Waals surface area contributed by atoms with Crippen molar-refractivity contribution < 1.29 is 41.8 Å². The zero-order valence-corrected chi connectivity index (χ0v) is 33.3. The third kappa shape index (κ3) is 11.5. The molecule has 0 unspecified atom stereocenters. The van der Waals surface area contributed by atoms with Gasteiger partial charge in [0.1, 0.15) is 0 Å². The van der Waals surface area contributed by atoms with E-state index in [2.05, 4.69) is 41.5 Å². The molecule has 14 nitrogen and oxygen atoms in total. The number of carbonyl (C=O) groups excluding carboxylic acids is 4. The Labute approximate surface area is 347 Å². The van der Waals surface area contributed by atoms with E-state index in [9.17, 15) is 32.3 Å². The zero-order valence-electron chi connectivity index (χ0n) is 32.6. The number of esters is 1. The molecule has 1 aromatic heterocycles. The molecule has 6 rings (SSSR count). The summed E-state index contributed by atoms with van der Waals surface area (Å²) in [5.74, 6) is -2.82. The number of nitrogens with zero attached hydrogens (tertiary/aromatic N) is 3. The van der Waals surface area contributed by atoms with E-state index in [-0.39, 0.29) is 25.0 Å². The van der Waals surface area contributed by atoms with Crippen LogP contribution in [0.1, 0.15) is 53.0 Å². The van der Waals surface area contributed by atoms with Crippen molar-refractivity contribution in [2.24, 2.45) is 5.41 Å². The highest BCUT2D eigenvalue weighted by atomic mass is 35.5. The molecule has 1 aliphatic carbocycles. The van der Waals surface area contributed by atoms with Gasteiger partial charge >= 0.3 is 30.0 Å². The Balaban J connectivity index is 1.03. The van der Waals surface area contributed by atoms with E-state index >= 15 is 0 Å². The highest BCUT2D eigenvalue weighted by Crippen LogP contribution is 2.48. The van der Waals surface area contributed by atoms with Gasteiger partial charge in [-0.1, -0.05) is 67.9 Å². The Morgan fingerprint density at radius 2 is 1.47 bits per heavy atom. The highest BCUT2D eigenvalue weighted by molar-refractivity contribution is 6.40. The molecule has 5 aromatic rings. The summed E-state index contributed by atoms with van der Waals surface area (Å²) in [6, 6.07) is 26.3. The van der Waals surface area contributed by atoms with Gasteiger partial charge in [0.15, 0.2) is 6.61 Å². The number of rotatable bonds is 15. The van der Waals surface area contributed by atoms with E-state index in [1.54, 1.807) is 86.6 Å². The van der Waals surface area contributed by atoms with Crippen LogP contribution < -0.4 is 31.3 Å². The average Bonchev–Trinajstić information content (AvgIpc) is 4.01. The minimum absolute atomic E-state index is 0.00215. The van der Waals surface area contributed by atoms with E-state index in [0.717, 1.165) is 18.4 Å². The number of hydrogen-bond acceptors (Lipinski definition) is 11. The normalized spacial score (nSPS) is 13.1. The Morgan fingerprint density at radius 1 is 0.783 bits per heavy atom. The maximum Gasteiger partial charge on any atom is 0.422 e. The lowest BCUT2D eigenvalue weighted by atomic mass is 9.93. The third-order valence-corrected chi connectivity index (χ3v) is 9.56. The lowest BCUT2D eigenvalue weighted by Crippen LogP contribution is -2.45. The van der Waals surface area contributed by atoms with Gasteiger partial charge in [-0.3, -0.25) is 14.4 Å². The van der Waals surface area contributed by atoms with Crippen molar-refractivity contribution in [2.75, 3.05) is 42.8 Å². The summed E-state index contributed by atoms with van der Waals surface area (Å²) in [5.41, 5.74) is 2.31. The maximum absolute atomic E-state index is 13.1. The van der Waals surface area contributed by atoms with Crippen LogP contribution in [0.3, 0.4) is 0 Å². The Hall–Kier alpha value is -6.75. The van der Waals surface area contributed by atoms with Crippen LogP contribution in [-0.2, 0) is 19.9 Å². The van der Waals surface area contributed by atoms with Gasteiger partial charge in [0, 0.05) is 40.6 Å². The quantitative estimate of drug-likeness (QED) is 0.0527. The minimum Gasteiger partial charge on any atom is -0.465 e. The Kier molecular flexibility index (Phi) is 12.9. The average molecular weight is 845 g/mol. The van der Waals surface area contributed by atoms with Crippen LogP contribution in [-0.4, -0.2) is 71.6 Å². The van der Waals surface area contributed by atoms with Gasteiger partial charge < -0.3 is 36.1 Å². The first-order chi connectivity index (χ1) is 28.5. The predicted octanol–water partition coefficient (Wildman–Crippen LogP) is 7.28. The molecule has 18 heteroatoms. The number of hydrogen-bond donors (Lipinski definition) is 5. The summed E-state index contributed by atoms with van der Waals surface area (Å²) < 4.78 is 48.6. The first-order valence-corrected chi connectivity index (χ1v) is 18.9. The van der Waals surface area contributed by atoms with Crippen molar-refractivity contribution in [3.63, 3.8) is 0 Å². The standard InChI is InChI=1S/C42H40ClF3N8O6/c1-40(2,23-48-34(56)35(57)50-32-10-5-4-9-31(32)26-7-6-8-27(21-26)36(58)59-3)22-47-33(55)25-11-17-30(18-12-25)49-37-51-38(53-39(52-37)60-24-42(44,45)46)54-41(19-20-41)28-13-15-29(43)16-14-28/h4-18,21H,19-20,22-24H2,1-3H3,(H,47,55)(H,48,56)(H,50,57)(H2,49,51,52,53,54). The summed E-state index contributed by atoms with van der Waals surface area (Å²) in [6.07, 6.45) is -3.17. The van der Waals surface area contributed by atoms with Crippen molar-refractivity contribution in [3.05, 3.63) is 119 Å². The molecule has 1 fully saturated rings. The lowest BCUT2D eigenvalue weighted by Gasteiger charge is -2.25. The van der Waals surface area contributed by atoms with Gasteiger partial charge in [-0.2, -0.15) is 28.1 Å². The van der Waals surface area contributed by atoms with Crippen molar-refractivity contribution in [3.8, 4) is 17.1 Å². The molecule has 0 aliphatic heterocycles. The second kappa shape index (κ2) is 18.0. The number of nitrogens with one attached hydrogen (secondary N) is 5. The molecule has 1 saturated carbocycles. The van der Waals surface area contributed by atoms with Gasteiger partial charge in [-0.15, -0.1) is 0 Å². The first-order valence-electron chi connectivity index (χ1n) is 18.5. The van der Waals surface area contributed by atoms with E-state index in [1.807, 2.05) is 12.1 Å². The second-order valence-electron chi connectivity index (χ2n) is 14.7. The van der Waals surface area contributed by atoms with Gasteiger partial charge in [-0.25, -0.2) is 4.79 Å². The number of aromatic nitrogens is 3. The van der Waals surface area contributed by atoms with Crippen LogP contribution in [0.25, 0.3) is 11.1 Å². The molecule has 312 valence electrons. The molecular weight excluding hydrogens is 805 g/mol. The van der Waals surface area contributed by atoms with Crippen molar-refractivity contribution >= 4 is 58.6 Å². The molecular formula is C42H40ClF3N8O6. The number of methoxy groups -OCH3 is 1. The fourth-order valence-corrected chi connectivity index (χ4v) is 6.07. The molecule has 1 heterocycles. The molecule has 0 bridgehead atoms. The van der Waals surface area contributed by atoms with Gasteiger partial charge in [0.05, 0.1) is 18.2 Å². The van der Waals surface area contributed by atoms with Crippen LogP contribution in [0.5, 0.6) is 6.01 Å². The molecule has 60 heavy (non-hydrogen) atoms. The molecule has 0 atom stereocenters. The number of alkyl halides is 3. The Bertz CT molecular complexity index is 2380. The van der Waals surface area contributed by atoms with Crippen LogP contribution in [0, 0.1) is 5.41 Å². The van der Waals surface area contributed by atoms with E-state index in [1.165, 1.54) is 19.2 Å². The van der Waals surface area contributed by atoms with Crippen molar-refractivity contribution in [1.82, 2.24) is 25.6 Å². The zero-order chi connectivity index (χ0) is 43.1.